The molecule has 0 bridgehead atoms. The van der Waals surface area contributed by atoms with Crippen LogP contribution in [0.25, 0.3) is 6.08 Å². The van der Waals surface area contributed by atoms with Gasteiger partial charge in [-0.15, -0.1) is 0 Å². The van der Waals surface area contributed by atoms with Crippen LogP contribution >= 0.6 is 0 Å². The monoisotopic (exact) mass is 388 g/mol. The molecule has 0 unspecified atom stereocenters. The maximum absolute atomic E-state index is 12.8. The topological polar surface area (TPSA) is 80.6 Å². The zero-order valence-corrected chi connectivity index (χ0v) is 15.2. The summed E-state index contributed by atoms with van der Waals surface area (Å²) in [6, 6.07) is 12.9. The highest BCUT2D eigenvalue weighted by molar-refractivity contribution is 6.10. The molecule has 0 fully saturated rings. The number of hydrogen-bond acceptors (Lipinski definition) is 5. The molecule has 6 nitrogen and oxygen atoms in total. The lowest BCUT2D eigenvalue weighted by Gasteiger charge is -2.14. The summed E-state index contributed by atoms with van der Waals surface area (Å²) in [5, 5.41) is 11.9. The van der Waals surface area contributed by atoms with Gasteiger partial charge in [0.1, 0.15) is 17.4 Å². The van der Waals surface area contributed by atoms with Gasteiger partial charge in [-0.1, -0.05) is 24.3 Å². The van der Waals surface area contributed by atoms with Gasteiger partial charge in [0, 0.05) is 5.56 Å². The van der Waals surface area contributed by atoms with Crippen LogP contribution in [0.4, 0.5) is 14.5 Å². The second-order valence-corrected chi connectivity index (χ2v) is 5.31. The molecular formula is C20H18F2N2O4. The molecule has 28 heavy (non-hydrogen) atoms. The van der Waals surface area contributed by atoms with Gasteiger partial charge in [-0.2, -0.15) is 14.0 Å². The van der Waals surface area contributed by atoms with Gasteiger partial charge >= 0.3 is 6.61 Å². The molecule has 0 aromatic heterocycles. The lowest BCUT2D eigenvalue weighted by molar-refractivity contribution is -0.112. The summed E-state index contributed by atoms with van der Waals surface area (Å²) in [6.45, 7) is -1.18. The van der Waals surface area contributed by atoms with E-state index >= 15 is 0 Å². The fourth-order valence-corrected chi connectivity index (χ4v) is 2.37. The van der Waals surface area contributed by atoms with Crippen LogP contribution in [0.5, 0.6) is 17.2 Å². The molecule has 2 aromatic carbocycles. The van der Waals surface area contributed by atoms with Crippen molar-refractivity contribution in [2.24, 2.45) is 0 Å². The van der Waals surface area contributed by atoms with E-state index in [0.29, 0.717) is 11.4 Å². The Morgan fingerprint density at radius 3 is 2.57 bits per heavy atom. The van der Waals surface area contributed by atoms with Gasteiger partial charge in [0.25, 0.3) is 5.91 Å². The fourth-order valence-electron chi connectivity index (χ4n) is 2.37. The molecule has 2 rings (SSSR count). The maximum Gasteiger partial charge on any atom is 0.387 e. The van der Waals surface area contributed by atoms with E-state index in [9.17, 15) is 18.8 Å². The SMILES string of the molecule is CCOc1cccc(/C=C(\C#N)C(=O)Nc2ccccc2OC)c1OC(F)F. The van der Waals surface area contributed by atoms with Crippen LogP contribution in [-0.2, 0) is 4.79 Å². The van der Waals surface area contributed by atoms with Crippen molar-refractivity contribution in [1.82, 2.24) is 0 Å². The Morgan fingerprint density at radius 1 is 1.21 bits per heavy atom. The zero-order valence-electron chi connectivity index (χ0n) is 15.2. The summed E-state index contributed by atoms with van der Waals surface area (Å²) in [5.74, 6) is -0.485. The number of ether oxygens (including phenoxy) is 3. The average Bonchev–Trinajstić information content (AvgIpc) is 2.68. The number of alkyl halides is 2. The average molecular weight is 388 g/mol. The number of carbonyl (C=O) groups excluding carboxylic acids is 1. The van der Waals surface area contributed by atoms with Crippen molar-refractivity contribution in [2.75, 3.05) is 19.0 Å². The summed E-state index contributed by atoms with van der Waals surface area (Å²) in [7, 11) is 1.44. The Hall–Kier alpha value is -3.60. The summed E-state index contributed by atoms with van der Waals surface area (Å²) in [6.07, 6.45) is 1.16. The third-order valence-corrected chi connectivity index (χ3v) is 3.54. The molecule has 0 aliphatic rings. The van der Waals surface area contributed by atoms with E-state index in [1.54, 1.807) is 43.3 Å². The van der Waals surface area contributed by atoms with Crippen molar-refractivity contribution in [2.45, 2.75) is 13.5 Å². The molecule has 0 heterocycles. The normalized spacial score (nSPS) is 10.9. The van der Waals surface area contributed by atoms with Crippen LogP contribution in [0.15, 0.2) is 48.0 Å². The van der Waals surface area contributed by atoms with Crippen molar-refractivity contribution < 1.29 is 27.8 Å². The number of rotatable bonds is 8. The minimum atomic E-state index is -3.10. The van der Waals surface area contributed by atoms with Crippen LogP contribution in [-0.4, -0.2) is 26.2 Å². The second kappa shape index (κ2) is 9.92. The molecule has 1 amide bonds. The van der Waals surface area contributed by atoms with Gasteiger partial charge in [0.2, 0.25) is 0 Å². The predicted octanol–water partition coefficient (Wildman–Crippen LogP) is 4.24. The third kappa shape index (κ3) is 5.20. The van der Waals surface area contributed by atoms with E-state index in [4.69, 9.17) is 9.47 Å². The standard InChI is InChI=1S/C20H18F2N2O4/c1-3-27-17-10-6-7-13(18(17)28-20(21)22)11-14(12-23)19(25)24-15-8-4-5-9-16(15)26-2/h4-11,20H,3H2,1-2H3,(H,24,25)/b14-11+. The minimum Gasteiger partial charge on any atom is -0.495 e. The maximum atomic E-state index is 12.8. The molecule has 146 valence electrons. The first-order chi connectivity index (χ1) is 13.5. The minimum absolute atomic E-state index is 0.0824. The Labute approximate surface area is 160 Å². The molecular weight excluding hydrogens is 370 g/mol. The van der Waals surface area contributed by atoms with Gasteiger partial charge in [-0.3, -0.25) is 4.79 Å². The van der Waals surface area contributed by atoms with Crippen LogP contribution in [0.1, 0.15) is 12.5 Å². The molecule has 0 aliphatic heterocycles. The number of methoxy groups -OCH3 is 1. The summed E-state index contributed by atoms with van der Waals surface area (Å²) in [5.41, 5.74) is 0.167. The molecule has 0 radical (unpaired) electrons. The van der Waals surface area contributed by atoms with Gasteiger partial charge < -0.3 is 19.5 Å². The van der Waals surface area contributed by atoms with Crippen molar-refractivity contribution in [3.05, 3.63) is 53.6 Å². The molecule has 0 saturated carbocycles. The first kappa shape index (κ1) is 20.7. The van der Waals surface area contributed by atoms with E-state index in [2.05, 4.69) is 10.1 Å². The van der Waals surface area contributed by atoms with Crippen LogP contribution in [0.3, 0.4) is 0 Å². The number of amides is 1. The largest absolute Gasteiger partial charge is 0.495 e. The number of halogens is 2. The zero-order chi connectivity index (χ0) is 20.5. The first-order valence-electron chi connectivity index (χ1n) is 8.26. The number of benzene rings is 2. The summed E-state index contributed by atoms with van der Waals surface area (Å²) in [4.78, 5) is 12.5. The lowest BCUT2D eigenvalue weighted by atomic mass is 10.1. The highest BCUT2D eigenvalue weighted by Gasteiger charge is 2.18. The smallest absolute Gasteiger partial charge is 0.387 e. The Morgan fingerprint density at radius 2 is 1.93 bits per heavy atom. The molecule has 0 spiro atoms. The Bertz CT molecular complexity index is 907. The summed E-state index contributed by atoms with van der Waals surface area (Å²) >= 11 is 0. The number of nitriles is 1. The predicted molar refractivity (Wildman–Crippen MR) is 99.5 cm³/mol. The van der Waals surface area contributed by atoms with Crippen molar-refractivity contribution >= 4 is 17.7 Å². The number of anilines is 1. The van der Waals surface area contributed by atoms with Crippen molar-refractivity contribution in [3.63, 3.8) is 0 Å². The number of nitrogens with one attached hydrogen (secondary N) is 1. The number of carbonyl (C=O) groups is 1. The van der Waals surface area contributed by atoms with Gasteiger partial charge in [0.15, 0.2) is 11.5 Å². The molecule has 1 N–H and O–H groups in total. The number of nitrogens with zero attached hydrogens (tertiary/aromatic N) is 1. The Balaban J connectivity index is 2.39. The molecule has 0 saturated heterocycles. The van der Waals surface area contributed by atoms with Crippen LogP contribution in [0.2, 0.25) is 0 Å². The van der Waals surface area contributed by atoms with E-state index in [1.807, 2.05) is 0 Å². The van der Waals surface area contributed by atoms with E-state index in [1.165, 1.54) is 19.2 Å². The highest BCUT2D eigenvalue weighted by Crippen LogP contribution is 2.34. The Kier molecular flexibility index (Phi) is 7.34. The van der Waals surface area contributed by atoms with Crippen molar-refractivity contribution in [1.29, 1.82) is 5.26 Å². The number of para-hydroxylation sites is 3. The quantitative estimate of drug-likeness (QED) is 0.540. The lowest BCUT2D eigenvalue weighted by Crippen LogP contribution is -2.14. The van der Waals surface area contributed by atoms with Gasteiger partial charge in [-0.25, -0.2) is 0 Å². The van der Waals surface area contributed by atoms with E-state index in [-0.39, 0.29) is 29.2 Å². The van der Waals surface area contributed by atoms with Crippen LogP contribution in [0, 0.1) is 11.3 Å². The number of hydrogen-bond donors (Lipinski definition) is 1. The molecule has 0 atom stereocenters. The van der Waals surface area contributed by atoms with Crippen LogP contribution < -0.4 is 19.5 Å². The molecule has 8 heteroatoms. The molecule has 0 aliphatic carbocycles. The van der Waals surface area contributed by atoms with E-state index < -0.39 is 12.5 Å². The highest BCUT2D eigenvalue weighted by atomic mass is 19.3. The van der Waals surface area contributed by atoms with Gasteiger partial charge in [-0.05, 0) is 31.2 Å². The molecule has 2 aromatic rings. The van der Waals surface area contributed by atoms with E-state index in [0.717, 1.165) is 6.08 Å². The second-order valence-electron chi connectivity index (χ2n) is 5.31. The fraction of sp³-hybridized carbons (Fsp3) is 0.200. The van der Waals surface area contributed by atoms with Crippen molar-refractivity contribution in [3.8, 4) is 23.3 Å². The third-order valence-electron chi connectivity index (χ3n) is 3.54. The summed E-state index contributed by atoms with van der Waals surface area (Å²) < 4.78 is 40.6. The first-order valence-corrected chi connectivity index (χ1v) is 8.26. The van der Waals surface area contributed by atoms with Gasteiger partial charge in [0.05, 0.1) is 19.4 Å².